The molecule has 2 aromatic rings. The highest BCUT2D eigenvalue weighted by Crippen LogP contribution is 2.32. The van der Waals surface area contributed by atoms with Gasteiger partial charge in [0.05, 0.1) is 5.56 Å². The van der Waals surface area contributed by atoms with Crippen LogP contribution in [0.3, 0.4) is 0 Å². The van der Waals surface area contributed by atoms with Crippen LogP contribution in [0, 0.1) is 5.82 Å². The molecular formula is C16H10F4O2. The Balaban J connectivity index is 2.45. The molecule has 0 saturated heterocycles. The summed E-state index contributed by atoms with van der Waals surface area (Å²) >= 11 is 0. The van der Waals surface area contributed by atoms with E-state index in [-0.39, 0.29) is 11.1 Å². The molecule has 0 radical (unpaired) electrons. The molecule has 0 unspecified atom stereocenters. The molecule has 0 heterocycles. The molecule has 2 nitrogen and oxygen atoms in total. The van der Waals surface area contributed by atoms with E-state index in [1.165, 1.54) is 24.3 Å². The third-order valence-electron chi connectivity index (χ3n) is 2.92. The Bertz CT molecular complexity index is 733. The van der Waals surface area contributed by atoms with Gasteiger partial charge < -0.3 is 5.11 Å². The van der Waals surface area contributed by atoms with Crippen LogP contribution in [0.25, 0.3) is 17.2 Å². The molecule has 0 aliphatic rings. The van der Waals surface area contributed by atoms with E-state index in [1.54, 1.807) is 0 Å². The Morgan fingerprint density at radius 1 is 1.05 bits per heavy atom. The van der Waals surface area contributed by atoms with Gasteiger partial charge in [0.25, 0.3) is 0 Å². The topological polar surface area (TPSA) is 37.3 Å². The van der Waals surface area contributed by atoms with Gasteiger partial charge in [-0.2, -0.15) is 13.2 Å². The van der Waals surface area contributed by atoms with Crippen molar-refractivity contribution in [3.05, 3.63) is 65.5 Å². The van der Waals surface area contributed by atoms with Crippen molar-refractivity contribution >= 4 is 12.0 Å². The van der Waals surface area contributed by atoms with E-state index in [0.29, 0.717) is 5.56 Å². The van der Waals surface area contributed by atoms with Gasteiger partial charge in [-0.3, -0.25) is 0 Å². The maximum absolute atomic E-state index is 13.6. The van der Waals surface area contributed by atoms with Gasteiger partial charge in [-0.05, 0) is 41.5 Å². The van der Waals surface area contributed by atoms with Gasteiger partial charge in [0.1, 0.15) is 5.82 Å². The standard InChI is InChI=1S/C16H10F4O2/c17-14-6-4-11(8-12(14)5-7-15(21)22)10-2-1-3-13(9-10)16(18,19)20/h1-9H,(H,21,22)/b7-5+. The minimum absolute atomic E-state index is 0.0164. The number of hydrogen-bond donors (Lipinski definition) is 1. The summed E-state index contributed by atoms with van der Waals surface area (Å²) in [5.74, 6) is -1.91. The number of halogens is 4. The maximum Gasteiger partial charge on any atom is 0.416 e. The van der Waals surface area contributed by atoms with Gasteiger partial charge in [-0.25, -0.2) is 9.18 Å². The largest absolute Gasteiger partial charge is 0.478 e. The van der Waals surface area contributed by atoms with Crippen LogP contribution in [0.1, 0.15) is 11.1 Å². The minimum atomic E-state index is -4.47. The molecule has 2 rings (SSSR count). The van der Waals surface area contributed by atoms with Crippen LogP contribution in [0.4, 0.5) is 17.6 Å². The van der Waals surface area contributed by atoms with Crippen LogP contribution >= 0.6 is 0 Å². The van der Waals surface area contributed by atoms with Gasteiger partial charge in [0, 0.05) is 11.6 Å². The third-order valence-corrected chi connectivity index (χ3v) is 2.92. The van der Waals surface area contributed by atoms with Crippen LogP contribution < -0.4 is 0 Å². The molecule has 0 aliphatic heterocycles. The summed E-state index contributed by atoms with van der Waals surface area (Å²) in [6.45, 7) is 0. The number of carbonyl (C=O) groups is 1. The normalized spacial score (nSPS) is 11.8. The smallest absolute Gasteiger partial charge is 0.416 e. The zero-order valence-corrected chi connectivity index (χ0v) is 11.1. The van der Waals surface area contributed by atoms with Crippen molar-refractivity contribution in [1.29, 1.82) is 0 Å². The van der Waals surface area contributed by atoms with E-state index in [9.17, 15) is 22.4 Å². The summed E-state index contributed by atoms with van der Waals surface area (Å²) in [5, 5.41) is 8.54. The van der Waals surface area contributed by atoms with Crippen molar-refractivity contribution in [2.75, 3.05) is 0 Å². The minimum Gasteiger partial charge on any atom is -0.478 e. The lowest BCUT2D eigenvalue weighted by Crippen LogP contribution is -2.04. The van der Waals surface area contributed by atoms with Crippen LogP contribution in [0.15, 0.2) is 48.5 Å². The molecule has 6 heteroatoms. The highest BCUT2D eigenvalue weighted by molar-refractivity contribution is 5.85. The molecule has 0 saturated carbocycles. The summed E-state index contributed by atoms with van der Waals surface area (Å²) in [4.78, 5) is 10.5. The molecule has 0 amide bonds. The molecule has 22 heavy (non-hydrogen) atoms. The van der Waals surface area contributed by atoms with Gasteiger partial charge >= 0.3 is 12.1 Å². The van der Waals surface area contributed by atoms with Crippen LogP contribution in [-0.2, 0) is 11.0 Å². The molecule has 0 spiro atoms. The number of aliphatic carboxylic acids is 1. The first-order valence-corrected chi connectivity index (χ1v) is 6.15. The first-order chi connectivity index (χ1) is 10.3. The van der Waals surface area contributed by atoms with Crippen molar-refractivity contribution in [2.24, 2.45) is 0 Å². The van der Waals surface area contributed by atoms with Gasteiger partial charge in [0.15, 0.2) is 0 Å². The van der Waals surface area contributed by atoms with Gasteiger partial charge in [0.2, 0.25) is 0 Å². The highest BCUT2D eigenvalue weighted by Gasteiger charge is 2.30. The van der Waals surface area contributed by atoms with Crippen molar-refractivity contribution < 1.29 is 27.5 Å². The van der Waals surface area contributed by atoms with E-state index in [1.807, 2.05) is 0 Å². The second-order valence-corrected chi connectivity index (χ2v) is 4.49. The highest BCUT2D eigenvalue weighted by atomic mass is 19.4. The fourth-order valence-electron chi connectivity index (χ4n) is 1.89. The average Bonchev–Trinajstić information content (AvgIpc) is 2.45. The Kier molecular flexibility index (Phi) is 4.30. The lowest BCUT2D eigenvalue weighted by Gasteiger charge is -2.09. The number of benzene rings is 2. The lowest BCUT2D eigenvalue weighted by molar-refractivity contribution is -0.137. The van der Waals surface area contributed by atoms with Crippen molar-refractivity contribution in [1.82, 2.24) is 0 Å². The number of alkyl halides is 3. The third kappa shape index (κ3) is 3.72. The molecule has 2 aromatic carbocycles. The van der Waals surface area contributed by atoms with E-state index in [4.69, 9.17) is 5.11 Å². The van der Waals surface area contributed by atoms with Crippen molar-refractivity contribution in [3.8, 4) is 11.1 Å². The van der Waals surface area contributed by atoms with Gasteiger partial charge in [-0.15, -0.1) is 0 Å². The SMILES string of the molecule is O=C(O)/C=C/c1cc(-c2cccc(C(F)(F)F)c2)ccc1F. The predicted molar refractivity (Wildman–Crippen MR) is 73.5 cm³/mol. The number of hydrogen-bond acceptors (Lipinski definition) is 1. The number of carboxylic acid groups (broad SMARTS) is 1. The summed E-state index contributed by atoms with van der Waals surface area (Å²) in [6.07, 6.45) is -2.66. The molecule has 0 aromatic heterocycles. The molecule has 0 aliphatic carbocycles. The maximum atomic E-state index is 13.6. The number of carboxylic acids is 1. The Morgan fingerprint density at radius 3 is 2.36 bits per heavy atom. The second-order valence-electron chi connectivity index (χ2n) is 4.49. The average molecular weight is 310 g/mol. The Morgan fingerprint density at radius 2 is 1.73 bits per heavy atom. The fraction of sp³-hybridized carbons (Fsp3) is 0.0625. The predicted octanol–water partition coefficient (Wildman–Crippen LogP) is 4.61. The van der Waals surface area contributed by atoms with Gasteiger partial charge in [-0.1, -0.05) is 18.2 Å². The molecular weight excluding hydrogens is 300 g/mol. The summed E-state index contributed by atoms with van der Waals surface area (Å²) in [6, 6.07) is 8.34. The van der Waals surface area contributed by atoms with Crippen LogP contribution in [-0.4, -0.2) is 11.1 Å². The monoisotopic (exact) mass is 310 g/mol. The van der Waals surface area contributed by atoms with E-state index in [0.717, 1.165) is 30.4 Å². The Hall–Kier alpha value is -2.63. The van der Waals surface area contributed by atoms with Crippen molar-refractivity contribution in [3.63, 3.8) is 0 Å². The quantitative estimate of drug-likeness (QED) is 0.664. The van der Waals surface area contributed by atoms with Crippen molar-refractivity contribution in [2.45, 2.75) is 6.18 Å². The first kappa shape index (κ1) is 15.8. The van der Waals surface area contributed by atoms with E-state index < -0.39 is 23.5 Å². The summed E-state index contributed by atoms with van der Waals surface area (Å²) in [5.41, 5.74) is -0.202. The van der Waals surface area contributed by atoms with Crippen LogP contribution in [0.2, 0.25) is 0 Å². The zero-order valence-electron chi connectivity index (χ0n) is 11.1. The first-order valence-electron chi connectivity index (χ1n) is 6.15. The lowest BCUT2D eigenvalue weighted by atomic mass is 10.0. The second kappa shape index (κ2) is 6.01. The zero-order chi connectivity index (χ0) is 16.3. The van der Waals surface area contributed by atoms with E-state index >= 15 is 0 Å². The summed E-state index contributed by atoms with van der Waals surface area (Å²) < 4.78 is 51.7. The molecule has 0 fully saturated rings. The summed E-state index contributed by atoms with van der Waals surface area (Å²) in [7, 11) is 0. The molecule has 0 bridgehead atoms. The molecule has 114 valence electrons. The molecule has 1 N–H and O–H groups in total. The van der Waals surface area contributed by atoms with Crippen LogP contribution in [0.5, 0.6) is 0 Å². The fourth-order valence-corrected chi connectivity index (χ4v) is 1.89. The Labute approximate surface area is 123 Å². The number of rotatable bonds is 3. The molecule has 0 atom stereocenters. The van der Waals surface area contributed by atoms with E-state index in [2.05, 4.69) is 0 Å².